The van der Waals surface area contributed by atoms with Gasteiger partial charge >= 0.3 is 5.97 Å². The number of ether oxygens (including phenoxy) is 1. The second-order valence-corrected chi connectivity index (χ2v) is 9.05. The Morgan fingerprint density at radius 2 is 1.14 bits per heavy atom. The number of nitrogens with zero attached hydrogens (tertiary/aromatic N) is 1. The molecule has 0 bridgehead atoms. The lowest BCUT2D eigenvalue weighted by molar-refractivity contribution is -0.932. The topological polar surface area (TPSA) is 26.3 Å². The predicted molar refractivity (Wildman–Crippen MR) is 122 cm³/mol. The van der Waals surface area contributed by atoms with Crippen molar-refractivity contribution in [1.82, 2.24) is 0 Å². The van der Waals surface area contributed by atoms with E-state index in [0.29, 0.717) is 0 Å². The minimum Gasteiger partial charge on any atom is -1.00 e. The van der Waals surface area contributed by atoms with Crippen LogP contribution in [-0.2, 0) is 9.53 Å². The molecule has 0 aliphatic rings. The van der Waals surface area contributed by atoms with Gasteiger partial charge in [0.1, 0.15) is 0 Å². The molecule has 0 amide bonds. The highest BCUT2D eigenvalue weighted by molar-refractivity contribution is 5.81. The molecule has 174 valence electrons. The fourth-order valence-electron chi connectivity index (χ4n) is 3.61. The number of unbranched alkanes of at least 4 members (excludes halogenated alkanes) is 15. The number of carbonyl (C=O) groups is 1. The molecule has 0 aromatic rings. The minimum atomic E-state index is -0.328. The summed E-state index contributed by atoms with van der Waals surface area (Å²) < 4.78 is 6.08. The second kappa shape index (κ2) is 20.7. The number of hydrogen-bond acceptors (Lipinski definition) is 2. The Morgan fingerprint density at radius 3 is 1.48 bits per heavy atom. The summed E-state index contributed by atoms with van der Waals surface area (Å²) in [4.78, 5) is 11.3. The van der Waals surface area contributed by atoms with Crippen LogP contribution < -0.4 is 12.4 Å². The van der Waals surface area contributed by atoms with Crippen molar-refractivity contribution in [2.24, 2.45) is 0 Å². The molecule has 0 saturated heterocycles. The third-order valence-electron chi connectivity index (χ3n) is 6.03. The van der Waals surface area contributed by atoms with E-state index in [2.05, 4.69) is 27.6 Å². The fraction of sp³-hybridized carbons (Fsp3) is 0.880. The van der Waals surface area contributed by atoms with Gasteiger partial charge in [0.15, 0.2) is 0 Å². The van der Waals surface area contributed by atoms with E-state index >= 15 is 0 Å². The third kappa shape index (κ3) is 19.2. The maximum absolute atomic E-state index is 11.3. The molecule has 0 N–H and O–H groups in total. The first kappa shape index (κ1) is 30.7. The monoisotopic (exact) mass is 431 g/mol. The van der Waals surface area contributed by atoms with E-state index in [4.69, 9.17) is 4.74 Å². The van der Waals surface area contributed by atoms with E-state index < -0.39 is 0 Å². The highest BCUT2D eigenvalue weighted by atomic mass is 35.5. The van der Waals surface area contributed by atoms with Gasteiger partial charge in [-0.1, -0.05) is 103 Å². The largest absolute Gasteiger partial charge is 1.00 e. The molecule has 0 fully saturated rings. The van der Waals surface area contributed by atoms with Crippen molar-refractivity contribution in [3.63, 3.8) is 0 Å². The quantitative estimate of drug-likeness (QED) is 0.0938. The number of hydrogen-bond donors (Lipinski definition) is 0. The van der Waals surface area contributed by atoms with E-state index in [1.807, 2.05) is 6.92 Å². The van der Waals surface area contributed by atoms with Gasteiger partial charge in [-0.05, 0) is 12.8 Å². The second-order valence-electron chi connectivity index (χ2n) is 9.05. The van der Waals surface area contributed by atoms with Crippen molar-refractivity contribution >= 4 is 5.97 Å². The van der Waals surface area contributed by atoms with Crippen molar-refractivity contribution in [3.05, 3.63) is 12.7 Å². The van der Waals surface area contributed by atoms with Crippen LogP contribution in [0.5, 0.6) is 0 Å². The number of halogens is 1. The molecule has 0 aliphatic heterocycles. The van der Waals surface area contributed by atoms with Gasteiger partial charge in [-0.15, -0.1) is 0 Å². The Hall–Kier alpha value is -0.540. The summed E-state index contributed by atoms with van der Waals surface area (Å²) in [5.74, 6) is -0.328. The number of carbonyl (C=O) groups excluding carboxylic acids is 1. The Labute approximate surface area is 188 Å². The Balaban J connectivity index is 0. The van der Waals surface area contributed by atoms with Gasteiger partial charge in [-0.25, -0.2) is 4.79 Å². The summed E-state index contributed by atoms with van der Waals surface area (Å²) in [6, 6.07) is 0. The molecule has 0 radical (unpaired) electrons. The molecule has 0 aromatic heterocycles. The van der Waals surface area contributed by atoms with Gasteiger partial charge in [-0.3, -0.25) is 4.48 Å². The van der Waals surface area contributed by atoms with E-state index in [-0.39, 0.29) is 24.6 Å². The number of quaternary nitrogens is 1. The van der Waals surface area contributed by atoms with Crippen LogP contribution in [0.3, 0.4) is 0 Å². The van der Waals surface area contributed by atoms with Crippen LogP contribution in [0.1, 0.15) is 117 Å². The molecular formula is C25H50ClNO2. The molecule has 3 nitrogen and oxygen atoms in total. The molecule has 1 atom stereocenters. The van der Waals surface area contributed by atoms with Crippen LogP contribution in [-0.4, -0.2) is 37.3 Å². The molecule has 0 spiro atoms. The van der Waals surface area contributed by atoms with Crippen LogP contribution in [0, 0.1) is 0 Å². The molecule has 0 saturated carbocycles. The number of rotatable bonds is 20. The van der Waals surface area contributed by atoms with Crippen LogP contribution in [0.2, 0.25) is 0 Å². The maximum atomic E-state index is 11.3. The van der Waals surface area contributed by atoms with Crippen LogP contribution in [0.25, 0.3) is 0 Å². The lowest BCUT2D eigenvalue weighted by Crippen LogP contribution is -3.00. The first-order chi connectivity index (χ1) is 13.4. The van der Waals surface area contributed by atoms with Gasteiger partial charge in [0.05, 0.1) is 20.6 Å². The normalized spacial score (nSPS) is 12.3. The van der Waals surface area contributed by atoms with E-state index in [9.17, 15) is 4.79 Å². The highest BCUT2D eigenvalue weighted by Gasteiger charge is 2.25. The summed E-state index contributed by atoms with van der Waals surface area (Å²) >= 11 is 0. The zero-order chi connectivity index (χ0) is 21.1. The molecule has 0 aromatic carbocycles. The van der Waals surface area contributed by atoms with Gasteiger partial charge in [-0.2, -0.15) is 0 Å². The molecule has 29 heavy (non-hydrogen) atoms. The van der Waals surface area contributed by atoms with Crippen molar-refractivity contribution in [1.29, 1.82) is 0 Å². The summed E-state index contributed by atoms with van der Waals surface area (Å²) in [5.41, 5.74) is 0. The van der Waals surface area contributed by atoms with E-state index in [1.54, 1.807) is 0 Å². The average molecular weight is 432 g/mol. The third-order valence-corrected chi connectivity index (χ3v) is 6.03. The SMILES string of the molecule is C=CC(=O)OC(C)[N+](C)(C)CCCCCCCCCCCCCCCCCC.[Cl-]. The van der Waals surface area contributed by atoms with Crippen molar-refractivity contribution < 1.29 is 26.4 Å². The van der Waals surface area contributed by atoms with E-state index in [1.165, 1.54) is 109 Å². The zero-order valence-corrected chi connectivity index (χ0v) is 20.8. The number of esters is 1. The predicted octanol–water partition coefficient (Wildman–Crippen LogP) is 4.40. The lowest BCUT2D eigenvalue weighted by atomic mass is 10.0. The van der Waals surface area contributed by atoms with Gasteiger partial charge in [0.2, 0.25) is 6.23 Å². The molecule has 0 heterocycles. The van der Waals surface area contributed by atoms with Crippen LogP contribution >= 0.6 is 0 Å². The van der Waals surface area contributed by atoms with Gasteiger partial charge < -0.3 is 17.1 Å². The maximum Gasteiger partial charge on any atom is 0.334 e. The van der Waals surface area contributed by atoms with Crippen molar-refractivity contribution in [2.75, 3.05) is 20.6 Å². The molecule has 1 unspecified atom stereocenters. The lowest BCUT2D eigenvalue weighted by Gasteiger charge is -2.34. The summed E-state index contributed by atoms with van der Waals surface area (Å²) in [7, 11) is 4.26. The Bertz CT molecular complexity index is 385. The van der Waals surface area contributed by atoms with Crippen LogP contribution in [0.4, 0.5) is 0 Å². The molecule has 0 rings (SSSR count). The minimum absolute atomic E-state index is 0. The smallest absolute Gasteiger partial charge is 0.334 e. The standard InChI is InChI=1S/C25H50NO2.ClH/c1-6-8-9-10-11-12-13-14-15-16-17-18-19-20-21-22-23-26(4,5)24(3)28-25(27)7-2;/h7,24H,2,6,8-23H2,1,3-5H3;1H/q+1;/p-1. The fourth-order valence-corrected chi connectivity index (χ4v) is 3.61. The highest BCUT2D eigenvalue weighted by Crippen LogP contribution is 2.15. The molecule has 4 heteroatoms. The molecular weight excluding hydrogens is 382 g/mol. The summed E-state index contributed by atoms with van der Waals surface area (Å²) in [6.45, 7) is 8.76. The van der Waals surface area contributed by atoms with E-state index in [0.717, 1.165) is 11.0 Å². The summed E-state index contributed by atoms with van der Waals surface area (Å²) in [5, 5.41) is 0. The first-order valence-corrected chi connectivity index (χ1v) is 12.1. The zero-order valence-electron chi connectivity index (χ0n) is 20.0. The molecule has 0 aliphatic carbocycles. The first-order valence-electron chi connectivity index (χ1n) is 12.1. The summed E-state index contributed by atoms with van der Waals surface area (Å²) in [6.07, 6.45) is 23.4. The van der Waals surface area contributed by atoms with Gasteiger partial charge in [0.25, 0.3) is 0 Å². The van der Waals surface area contributed by atoms with Crippen molar-refractivity contribution in [3.8, 4) is 0 Å². The van der Waals surface area contributed by atoms with Crippen molar-refractivity contribution in [2.45, 2.75) is 123 Å². The Kier molecular flexibility index (Phi) is 21.9. The van der Waals surface area contributed by atoms with Gasteiger partial charge in [0, 0.05) is 13.0 Å². The van der Waals surface area contributed by atoms with Crippen LogP contribution in [0.15, 0.2) is 12.7 Å². The average Bonchev–Trinajstić information content (AvgIpc) is 2.67. The Morgan fingerprint density at radius 1 is 0.793 bits per heavy atom.